The van der Waals surface area contributed by atoms with Gasteiger partial charge in [0, 0.05) is 22.5 Å². The van der Waals surface area contributed by atoms with Gasteiger partial charge >= 0.3 is 0 Å². The van der Waals surface area contributed by atoms with Crippen molar-refractivity contribution in [2.45, 2.75) is 24.7 Å². The van der Waals surface area contributed by atoms with E-state index < -0.39 is 5.41 Å². The monoisotopic (exact) mass is 803 g/mol. The van der Waals surface area contributed by atoms with Crippen LogP contribution in [0.5, 0.6) is 0 Å². The Bertz CT molecular complexity index is 3310. The van der Waals surface area contributed by atoms with E-state index in [0.717, 1.165) is 17.1 Å². The van der Waals surface area contributed by atoms with Gasteiger partial charge in [-0.2, -0.15) is 0 Å². The number of anilines is 3. The summed E-state index contributed by atoms with van der Waals surface area (Å²) in [7, 11) is 0. The lowest BCUT2D eigenvalue weighted by molar-refractivity contribution is 0.661. The molecule has 0 unspecified atom stereocenters. The highest BCUT2D eigenvalue weighted by atomic mass is 15.1. The van der Waals surface area contributed by atoms with Crippen molar-refractivity contribution in [3.05, 3.63) is 270 Å². The Kier molecular flexibility index (Phi) is 8.49. The molecule has 0 fully saturated rings. The summed E-state index contributed by atoms with van der Waals surface area (Å²) in [5.74, 6) is 0. The molecular weight excluding hydrogens is 759 g/mol. The van der Waals surface area contributed by atoms with Crippen molar-refractivity contribution in [1.82, 2.24) is 0 Å². The predicted octanol–water partition coefficient (Wildman–Crippen LogP) is 16.3. The van der Waals surface area contributed by atoms with Gasteiger partial charge in [0.2, 0.25) is 0 Å². The largest absolute Gasteiger partial charge is 0.310 e. The van der Waals surface area contributed by atoms with Crippen LogP contribution in [0.2, 0.25) is 0 Å². The molecule has 0 N–H and O–H groups in total. The molecule has 0 radical (unpaired) electrons. The van der Waals surface area contributed by atoms with Crippen LogP contribution in [0.3, 0.4) is 0 Å². The third kappa shape index (κ3) is 5.63. The molecule has 0 saturated heterocycles. The first-order valence-corrected chi connectivity index (χ1v) is 22.1. The van der Waals surface area contributed by atoms with Gasteiger partial charge in [0.05, 0.1) is 5.41 Å². The maximum absolute atomic E-state index is 2.47. The Hall–Kier alpha value is -7.74. The fraction of sp³-hybridized carbons (Fsp3) is 0.0645. The van der Waals surface area contributed by atoms with Gasteiger partial charge in [-0.1, -0.05) is 208 Å². The van der Waals surface area contributed by atoms with Crippen LogP contribution in [0.15, 0.2) is 237 Å². The molecule has 0 bridgehead atoms. The molecule has 0 atom stereocenters. The minimum Gasteiger partial charge on any atom is -0.310 e. The van der Waals surface area contributed by atoms with Crippen molar-refractivity contribution < 1.29 is 0 Å². The van der Waals surface area contributed by atoms with Crippen LogP contribution in [0.1, 0.15) is 47.2 Å². The summed E-state index contributed by atoms with van der Waals surface area (Å²) in [5, 5.41) is 2.55. The minimum atomic E-state index is -0.509. The van der Waals surface area contributed by atoms with Gasteiger partial charge in [0.25, 0.3) is 0 Å². The van der Waals surface area contributed by atoms with E-state index >= 15 is 0 Å². The minimum absolute atomic E-state index is 0.104. The maximum atomic E-state index is 2.47. The second-order valence-electron chi connectivity index (χ2n) is 17.6. The lowest BCUT2D eigenvalue weighted by atomic mass is 9.67. The maximum Gasteiger partial charge on any atom is 0.0714 e. The first-order valence-electron chi connectivity index (χ1n) is 22.1. The van der Waals surface area contributed by atoms with Gasteiger partial charge in [-0.25, -0.2) is 0 Å². The van der Waals surface area contributed by atoms with Crippen LogP contribution >= 0.6 is 0 Å². The quantitative estimate of drug-likeness (QED) is 0.155. The molecule has 12 rings (SSSR count). The van der Waals surface area contributed by atoms with Gasteiger partial charge in [-0.05, 0) is 131 Å². The zero-order valence-electron chi connectivity index (χ0n) is 35.5. The smallest absolute Gasteiger partial charge is 0.0714 e. The molecule has 0 aromatic heterocycles. The third-order valence-electron chi connectivity index (χ3n) is 13.9. The van der Waals surface area contributed by atoms with Crippen LogP contribution in [0, 0.1) is 0 Å². The molecule has 0 saturated carbocycles. The van der Waals surface area contributed by atoms with E-state index in [4.69, 9.17) is 0 Å². The average Bonchev–Trinajstić information content (AvgIpc) is 3.77. The zero-order valence-corrected chi connectivity index (χ0v) is 35.5. The summed E-state index contributed by atoms with van der Waals surface area (Å²) in [5.41, 5.74) is 20.7. The first kappa shape index (κ1) is 37.1. The summed E-state index contributed by atoms with van der Waals surface area (Å²) in [4.78, 5) is 2.45. The van der Waals surface area contributed by atoms with Gasteiger partial charge in [-0.3, -0.25) is 0 Å². The average molecular weight is 804 g/mol. The molecule has 10 aromatic carbocycles. The standard InChI is InChI=1S/C62H45N/c1-61(2)55-31-16-15-30-54(55)60-58(61)40-45-21-12-13-28-51(45)59(60)43-33-35-48(36-34-43)63(49-27-18-22-44(39-49)42-19-6-3-7-20-42)50-37-38-53-52-29-14-17-32-56(52)62(57(53)41-50,46-23-8-4-9-24-46)47-25-10-5-11-26-47/h3-41H,1-2H3. The van der Waals surface area contributed by atoms with Crippen molar-refractivity contribution >= 4 is 27.8 Å². The molecule has 298 valence electrons. The summed E-state index contributed by atoms with van der Waals surface area (Å²) < 4.78 is 0. The van der Waals surface area contributed by atoms with Crippen molar-refractivity contribution in [2.24, 2.45) is 0 Å². The summed E-state index contributed by atoms with van der Waals surface area (Å²) in [6, 6.07) is 87.7. The summed E-state index contributed by atoms with van der Waals surface area (Å²) in [6.07, 6.45) is 0. The number of nitrogens with zero attached hydrogens (tertiary/aromatic N) is 1. The predicted molar refractivity (Wildman–Crippen MR) is 264 cm³/mol. The SMILES string of the molecule is CC1(C)c2ccccc2-c2c1cc1ccccc1c2-c1ccc(N(c2cccc(-c3ccccc3)c2)c2ccc3c(c2)C(c2ccccc2)(c2ccccc2)c2ccccc2-3)cc1. The van der Waals surface area contributed by atoms with E-state index in [1.165, 1.54) is 88.7 Å². The van der Waals surface area contributed by atoms with E-state index in [1.54, 1.807) is 0 Å². The number of hydrogen-bond donors (Lipinski definition) is 0. The van der Waals surface area contributed by atoms with Crippen LogP contribution in [0.25, 0.3) is 55.3 Å². The Morgan fingerprint density at radius 2 is 0.873 bits per heavy atom. The molecule has 0 aliphatic heterocycles. The Balaban J connectivity index is 1.08. The molecule has 0 spiro atoms. The molecule has 2 aliphatic carbocycles. The number of fused-ring (bicyclic) bond motifs is 7. The zero-order chi connectivity index (χ0) is 42.1. The second kappa shape index (κ2) is 14.4. The van der Waals surface area contributed by atoms with Crippen LogP contribution in [-0.2, 0) is 10.8 Å². The van der Waals surface area contributed by atoms with Crippen molar-refractivity contribution in [2.75, 3.05) is 4.90 Å². The highest BCUT2D eigenvalue weighted by Gasteiger charge is 2.46. The Labute approximate surface area is 370 Å². The van der Waals surface area contributed by atoms with Crippen molar-refractivity contribution in [3.8, 4) is 44.5 Å². The molecule has 63 heavy (non-hydrogen) atoms. The molecule has 1 heteroatoms. The lowest BCUT2D eigenvalue weighted by Crippen LogP contribution is -2.28. The van der Waals surface area contributed by atoms with Crippen LogP contribution in [-0.4, -0.2) is 0 Å². The number of hydrogen-bond acceptors (Lipinski definition) is 1. The molecular formula is C62H45N. The fourth-order valence-corrected chi connectivity index (χ4v) is 11.1. The lowest BCUT2D eigenvalue weighted by Gasteiger charge is -2.35. The fourth-order valence-electron chi connectivity index (χ4n) is 11.1. The topological polar surface area (TPSA) is 3.24 Å². The number of benzene rings is 10. The third-order valence-corrected chi connectivity index (χ3v) is 13.9. The second-order valence-corrected chi connectivity index (χ2v) is 17.6. The van der Waals surface area contributed by atoms with E-state index in [1.807, 2.05) is 0 Å². The van der Waals surface area contributed by atoms with Crippen molar-refractivity contribution in [3.63, 3.8) is 0 Å². The molecule has 0 heterocycles. The Morgan fingerprint density at radius 1 is 0.317 bits per heavy atom. The van der Waals surface area contributed by atoms with E-state index in [9.17, 15) is 0 Å². The van der Waals surface area contributed by atoms with Crippen LogP contribution < -0.4 is 4.90 Å². The normalized spacial score (nSPS) is 13.8. The number of rotatable bonds is 7. The van der Waals surface area contributed by atoms with E-state index in [0.29, 0.717) is 0 Å². The molecule has 1 nitrogen and oxygen atoms in total. The first-order chi connectivity index (χ1) is 31.0. The van der Waals surface area contributed by atoms with Gasteiger partial charge in [-0.15, -0.1) is 0 Å². The molecule has 10 aromatic rings. The summed E-state index contributed by atoms with van der Waals surface area (Å²) >= 11 is 0. The van der Waals surface area contributed by atoms with Crippen molar-refractivity contribution in [1.29, 1.82) is 0 Å². The molecule has 2 aliphatic rings. The highest BCUT2D eigenvalue weighted by Crippen LogP contribution is 2.58. The Morgan fingerprint density at radius 3 is 1.60 bits per heavy atom. The van der Waals surface area contributed by atoms with Gasteiger partial charge < -0.3 is 4.90 Å². The molecule has 0 amide bonds. The highest BCUT2D eigenvalue weighted by molar-refractivity contribution is 6.08. The van der Waals surface area contributed by atoms with E-state index in [-0.39, 0.29) is 5.41 Å². The van der Waals surface area contributed by atoms with Gasteiger partial charge in [0.15, 0.2) is 0 Å². The van der Waals surface area contributed by atoms with E-state index in [2.05, 4.69) is 255 Å². The summed E-state index contributed by atoms with van der Waals surface area (Å²) in [6.45, 7) is 4.75. The van der Waals surface area contributed by atoms with Gasteiger partial charge in [0.1, 0.15) is 0 Å². The van der Waals surface area contributed by atoms with Crippen LogP contribution in [0.4, 0.5) is 17.1 Å².